The topological polar surface area (TPSA) is 3.01 Å². The Kier molecular flexibility index (Phi) is 6.61. The molecule has 2 atom stereocenters. The number of allylic oxidation sites excluding steroid dienone is 5. The summed E-state index contributed by atoms with van der Waals surface area (Å²) in [5, 5.41) is 0. The van der Waals surface area contributed by atoms with E-state index in [1.807, 2.05) is 12.3 Å². The molecule has 0 aromatic rings. The molecule has 0 aliphatic carbocycles. The lowest BCUT2D eigenvalue weighted by Crippen LogP contribution is -2.40. The highest BCUT2D eigenvalue weighted by Gasteiger charge is 2.41. The van der Waals surface area contributed by atoms with Crippen LogP contribution in [0.25, 0.3) is 0 Å². The van der Waals surface area contributed by atoms with Crippen LogP contribution in [0.3, 0.4) is 0 Å². The molecular weight excluding hydrogens is 254 g/mol. The second-order valence-corrected chi connectivity index (χ2v) is 5.50. The van der Waals surface area contributed by atoms with E-state index in [1.165, 1.54) is 11.1 Å². The number of nitrogens with zero attached hydrogens (tertiary/aromatic N) is 1. The van der Waals surface area contributed by atoms with Crippen LogP contribution in [-0.2, 0) is 0 Å². The fourth-order valence-corrected chi connectivity index (χ4v) is 3.42. The largest absolute Gasteiger partial charge is 0.205 e. The lowest BCUT2D eigenvalue weighted by molar-refractivity contribution is -0.523. The van der Waals surface area contributed by atoms with E-state index in [4.69, 9.17) is 0 Å². The Morgan fingerprint density at radius 3 is 2.29 bits per heavy atom. The highest BCUT2D eigenvalue weighted by Crippen LogP contribution is 2.40. The third-order valence-electron chi connectivity index (χ3n) is 4.40. The maximum absolute atomic E-state index is 4.34. The summed E-state index contributed by atoms with van der Waals surface area (Å²) in [6, 6.07) is 0.438. The molecule has 0 saturated carbocycles. The normalized spacial score (nSPS) is 27.5. The number of hydrogen-bond acceptors (Lipinski definition) is 0. The minimum atomic E-state index is 0.438. The highest BCUT2D eigenvalue weighted by molar-refractivity contribution is 5.67. The quantitative estimate of drug-likeness (QED) is 0.592. The Hall–Kier alpha value is -1.63. The van der Waals surface area contributed by atoms with Gasteiger partial charge in [0, 0.05) is 17.9 Å². The van der Waals surface area contributed by atoms with Crippen LogP contribution >= 0.6 is 0 Å². The number of piperidine rings is 1. The van der Waals surface area contributed by atoms with E-state index < -0.39 is 0 Å². The monoisotopic (exact) mass is 284 g/mol. The summed E-state index contributed by atoms with van der Waals surface area (Å²) in [6.07, 6.45) is 11.5. The predicted octanol–water partition coefficient (Wildman–Crippen LogP) is 5.43. The molecule has 1 nitrogen and oxygen atoms in total. The first-order valence-electron chi connectivity index (χ1n) is 8.05. The highest BCUT2D eigenvalue weighted by atomic mass is 15.1. The van der Waals surface area contributed by atoms with Crippen molar-refractivity contribution in [1.82, 2.24) is 0 Å². The van der Waals surface area contributed by atoms with Gasteiger partial charge >= 0.3 is 0 Å². The van der Waals surface area contributed by atoms with Crippen molar-refractivity contribution in [3.63, 3.8) is 0 Å². The zero-order valence-electron chi connectivity index (χ0n) is 14.2. The van der Waals surface area contributed by atoms with Crippen molar-refractivity contribution in [2.75, 3.05) is 0 Å². The van der Waals surface area contributed by atoms with Crippen LogP contribution in [-0.4, -0.2) is 16.8 Å². The summed E-state index contributed by atoms with van der Waals surface area (Å²) in [7, 11) is 0. The molecule has 0 spiro atoms. The average Bonchev–Trinajstić information content (AvgIpc) is 2.49. The summed E-state index contributed by atoms with van der Waals surface area (Å²) < 4.78 is 2.26. The SMILES string of the molecule is C=C/C=[N+]1\C(=C)C(=C)/C(=C(/C=CC)CC)C(CC)C1CC. The second-order valence-electron chi connectivity index (χ2n) is 5.50. The maximum atomic E-state index is 4.34. The van der Waals surface area contributed by atoms with Crippen LogP contribution in [0.1, 0.15) is 47.0 Å². The van der Waals surface area contributed by atoms with Gasteiger partial charge in [-0.05, 0) is 43.6 Å². The molecule has 0 N–H and O–H groups in total. The molecule has 114 valence electrons. The van der Waals surface area contributed by atoms with E-state index in [9.17, 15) is 0 Å². The van der Waals surface area contributed by atoms with Crippen LogP contribution in [0, 0.1) is 5.92 Å². The molecule has 1 saturated heterocycles. The van der Waals surface area contributed by atoms with E-state index in [2.05, 4.69) is 64.2 Å². The Labute approximate surface area is 130 Å². The van der Waals surface area contributed by atoms with Crippen molar-refractivity contribution >= 4 is 6.21 Å². The van der Waals surface area contributed by atoms with Crippen molar-refractivity contribution in [3.05, 3.63) is 60.4 Å². The van der Waals surface area contributed by atoms with Gasteiger partial charge in [0.2, 0.25) is 5.70 Å². The molecule has 2 unspecified atom stereocenters. The van der Waals surface area contributed by atoms with E-state index in [1.54, 1.807) is 0 Å². The van der Waals surface area contributed by atoms with Gasteiger partial charge in [-0.1, -0.05) is 46.1 Å². The summed E-state index contributed by atoms with van der Waals surface area (Å²) in [4.78, 5) is 0. The fraction of sp³-hybridized carbons (Fsp3) is 0.450. The summed E-state index contributed by atoms with van der Waals surface area (Å²) in [6.45, 7) is 21.3. The van der Waals surface area contributed by atoms with Gasteiger partial charge < -0.3 is 0 Å². The van der Waals surface area contributed by atoms with Crippen molar-refractivity contribution in [2.45, 2.75) is 53.0 Å². The number of hydrogen-bond donors (Lipinski definition) is 0. The third kappa shape index (κ3) is 3.34. The molecule has 1 fully saturated rings. The molecule has 0 amide bonds. The van der Waals surface area contributed by atoms with Crippen LogP contribution in [0.2, 0.25) is 0 Å². The lowest BCUT2D eigenvalue weighted by Gasteiger charge is -2.34. The van der Waals surface area contributed by atoms with Gasteiger partial charge in [0.25, 0.3) is 0 Å². The van der Waals surface area contributed by atoms with Crippen molar-refractivity contribution in [1.29, 1.82) is 0 Å². The summed E-state index contributed by atoms with van der Waals surface area (Å²) in [5.74, 6) is 0.496. The Balaban J connectivity index is 3.54. The van der Waals surface area contributed by atoms with Crippen LogP contribution in [0.5, 0.6) is 0 Å². The first-order valence-corrected chi connectivity index (χ1v) is 8.05. The van der Waals surface area contributed by atoms with E-state index in [0.717, 1.165) is 30.5 Å². The van der Waals surface area contributed by atoms with E-state index in [0.29, 0.717) is 12.0 Å². The van der Waals surface area contributed by atoms with Gasteiger partial charge in [0.1, 0.15) is 0 Å². The molecule has 1 aliphatic rings. The molecule has 0 aromatic heterocycles. The molecule has 1 aliphatic heterocycles. The van der Waals surface area contributed by atoms with Crippen molar-refractivity contribution < 1.29 is 4.58 Å². The Bertz CT molecular complexity index is 514. The molecular formula is C20H30N+. The third-order valence-corrected chi connectivity index (χ3v) is 4.40. The van der Waals surface area contributed by atoms with Gasteiger partial charge in [-0.15, -0.1) is 0 Å². The van der Waals surface area contributed by atoms with Crippen LogP contribution < -0.4 is 0 Å². The van der Waals surface area contributed by atoms with Crippen molar-refractivity contribution in [3.8, 4) is 0 Å². The first-order chi connectivity index (χ1) is 10.1. The van der Waals surface area contributed by atoms with Gasteiger partial charge in [0.05, 0.1) is 0 Å². The molecule has 1 rings (SSSR count). The molecule has 21 heavy (non-hydrogen) atoms. The average molecular weight is 284 g/mol. The smallest absolute Gasteiger partial charge is 0.196 e. The van der Waals surface area contributed by atoms with Crippen molar-refractivity contribution in [2.24, 2.45) is 5.92 Å². The molecule has 0 aromatic carbocycles. The Morgan fingerprint density at radius 2 is 1.86 bits per heavy atom. The lowest BCUT2D eigenvalue weighted by atomic mass is 9.76. The van der Waals surface area contributed by atoms with Gasteiger partial charge in [-0.25, -0.2) is 0 Å². The van der Waals surface area contributed by atoms with Crippen LogP contribution in [0.15, 0.2) is 60.4 Å². The number of rotatable bonds is 5. The molecule has 0 bridgehead atoms. The standard InChI is InChI=1S/C20H30N/c1-8-13-17(10-3)20-15(6)16(7)21(14-9-2)19(12-5)18(20)11-4/h8-9,13-14,18-19H,2,6-7,10-12H2,1,3-5H3/q+1/b13-8?,20-17-,21-14+. The minimum Gasteiger partial charge on any atom is -0.196 e. The zero-order valence-corrected chi connectivity index (χ0v) is 14.2. The summed E-state index contributed by atoms with van der Waals surface area (Å²) in [5.41, 5.74) is 4.90. The van der Waals surface area contributed by atoms with E-state index >= 15 is 0 Å². The minimum absolute atomic E-state index is 0.438. The summed E-state index contributed by atoms with van der Waals surface area (Å²) >= 11 is 0. The molecule has 0 radical (unpaired) electrons. The maximum Gasteiger partial charge on any atom is 0.205 e. The molecule has 1 heteroatoms. The van der Waals surface area contributed by atoms with Gasteiger partial charge in [0.15, 0.2) is 12.3 Å². The van der Waals surface area contributed by atoms with Gasteiger partial charge in [-0.2, -0.15) is 4.58 Å². The van der Waals surface area contributed by atoms with Gasteiger partial charge in [-0.3, -0.25) is 0 Å². The van der Waals surface area contributed by atoms with E-state index in [-0.39, 0.29) is 0 Å². The fourth-order valence-electron chi connectivity index (χ4n) is 3.42. The second kappa shape index (κ2) is 7.97. The Morgan fingerprint density at radius 1 is 1.19 bits per heavy atom. The molecule has 1 heterocycles. The van der Waals surface area contributed by atoms with Crippen LogP contribution in [0.4, 0.5) is 0 Å². The first kappa shape index (κ1) is 17.4. The zero-order chi connectivity index (χ0) is 16.0. The predicted molar refractivity (Wildman–Crippen MR) is 94.8 cm³/mol.